The largest absolute Gasteiger partial charge is 0.497 e. The highest BCUT2D eigenvalue weighted by Crippen LogP contribution is 2.31. The van der Waals surface area contributed by atoms with Crippen molar-refractivity contribution in [1.29, 1.82) is 0 Å². The minimum atomic E-state index is -0.281. The molecule has 0 aliphatic carbocycles. The molecule has 29 heavy (non-hydrogen) atoms. The van der Waals surface area contributed by atoms with Crippen molar-refractivity contribution in [2.24, 2.45) is 0 Å². The van der Waals surface area contributed by atoms with Gasteiger partial charge in [-0.25, -0.2) is 14.4 Å². The quantitative estimate of drug-likeness (QED) is 0.420. The zero-order valence-electron chi connectivity index (χ0n) is 16.1. The number of fused-ring (bicyclic) bond motifs is 1. The number of aryl methyl sites for hydroxylation is 1. The number of methoxy groups -OCH3 is 1. The lowest BCUT2D eigenvalue weighted by molar-refractivity contribution is 0.415. The van der Waals surface area contributed by atoms with Crippen molar-refractivity contribution in [3.8, 4) is 17.1 Å². The fourth-order valence-electron chi connectivity index (χ4n) is 3.23. The molecule has 0 saturated heterocycles. The molecular weight excluding hydrogens is 391 g/mol. The minimum Gasteiger partial charge on any atom is -0.497 e. The lowest BCUT2D eigenvalue weighted by Crippen LogP contribution is -2.01. The van der Waals surface area contributed by atoms with Gasteiger partial charge in [-0.05, 0) is 55.0 Å². The number of anilines is 2. The van der Waals surface area contributed by atoms with Gasteiger partial charge >= 0.3 is 0 Å². The van der Waals surface area contributed by atoms with Crippen LogP contribution in [0, 0.1) is 5.82 Å². The second-order valence-electron chi connectivity index (χ2n) is 6.63. The average Bonchev–Trinajstić information content (AvgIpc) is 3.08. The van der Waals surface area contributed by atoms with Gasteiger partial charge in [0, 0.05) is 24.0 Å². The molecule has 0 fully saturated rings. The monoisotopic (exact) mass is 410 g/mol. The Morgan fingerprint density at radius 2 is 1.93 bits per heavy atom. The molecule has 0 saturated carbocycles. The van der Waals surface area contributed by atoms with E-state index in [1.807, 2.05) is 34.9 Å². The molecule has 5 nitrogen and oxygen atoms in total. The lowest BCUT2D eigenvalue weighted by atomic mass is 10.2. The van der Waals surface area contributed by atoms with Crippen LogP contribution in [0.1, 0.15) is 13.3 Å². The van der Waals surface area contributed by atoms with Gasteiger partial charge in [0.2, 0.25) is 0 Å². The van der Waals surface area contributed by atoms with Gasteiger partial charge in [0.15, 0.2) is 0 Å². The number of nitrogens with one attached hydrogen (secondary N) is 1. The summed E-state index contributed by atoms with van der Waals surface area (Å²) in [4.78, 5) is 9.16. The minimum absolute atomic E-state index is 0.281. The van der Waals surface area contributed by atoms with Crippen LogP contribution in [0.2, 0.25) is 5.02 Å². The third-order valence-electron chi connectivity index (χ3n) is 4.61. The standard InChI is InChI=1S/C22H20ClFN4O/c1-3-10-28-20-12-15(24)4-9-19(20)27-22(28)14-11-18(23)21(25-13-14)26-16-5-7-17(29-2)8-6-16/h4-9,11-13H,3,10H2,1-2H3,(H,25,26). The van der Waals surface area contributed by atoms with Gasteiger partial charge in [-0.3, -0.25) is 0 Å². The van der Waals surface area contributed by atoms with E-state index in [-0.39, 0.29) is 5.82 Å². The third-order valence-corrected chi connectivity index (χ3v) is 4.90. The number of aromatic nitrogens is 3. The van der Waals surface area contributed by atoms with Gasteiger partial charge in [0.25, 0.3) is 0 Å². The molecule has 0 bridgehead atoms. The summed E-state index contributed by atoms with van der Waals surface area (Å²) in [6.45, 7) is 2.79. The summed E-state index contributed by atoms with van der Waals surface area (Å²) in [5.74, 6) is 1.76. The zero-order valence-corrected chi connectivity index (χ0v) is 16.9. The highest BCUT2D eigenvalue weighted by Gasteiger charge is 2.15. The van der Waals surface area contributed by atoms with Crippen molar-refractivity contribution in [2.45, 2.75) is 19.9 Å². The maximum atomic E-state index is 13.7. The molecule has 0 radical (unpaired) electrons. The Morgan fingerprint density at radius 3 is 2.62 bits per heavy atom. The Kier molecular flexibility index (Phi) is 5.36. The smallest absolute Gasteiger partial charge is 0.149 e. The van der Waals surface area contributed by atoms with E-state index < -0.39 is 0 Å². The number of hydrogen-bond donors (Lipinski definition) is 1. The van der Waals surface area contributed by atoms with E-state index in [9.17, 15) is 4.39 Å². The van der Waals surface area contributed by atoms with Gasteiger partial charge in [0.1, 0.15) is 23.2 Å². The van der Waals surface area contributed by atoms with E-state index in [1.165, 1.54) is 12.1 Å². The normalized spacial score (nSPS) is 11.0. The molecule has 1 N–H and O–H groups in total. The van der Waals surface area contributed by atoms with E-state index in [0.717, 1.165) is 46.8 Å². The first-order chi connectivity index (χ1) is 14.1. The molecule has 0 unspecified atom stereocenters. The summed E-state index contributed by atoms with van der Waals surface area (Å²) in [5, 5.41) is 3.67. The highest BCUT2D eigenvalue weighted by atomic mass is 35.5. The Balaban J connectivity index is 1.69. The topological polar surface area (TPSA) is 52.0 Å². The summed E-state index contributed by atoms with van der Waals surface area (Å²) in [6, 6.07) is 13.9. The van der Waals surface area contributed by atoms with Crippen LogP contribution in [-0.2, 0) is 6.54 Å². The molecular formula is C22H20ClFN4O. The Hall–Kier alpha value is -3.12. The van der Waals surface area contributed by atoms with Gasteiger partial charge in [-0.1, -0.05) is 18.5 Å². The van der Waals surface area contributed by atoms with E-state index in [1.54, 1.807) is 19.4 Å². The number of ether oxygens (including phenoxy) is 1. The molecule has 0 amide bonds. The summed E-state index contributed by atoms with van der Waals surface area (Å²) >= 11 is 6.49. The van der Waals surface area contributed by atoms with Gasteiger partial charge in [-0.15, -0.1) is 0 Å². The number of rotatable bonds is 6. The molecule has 0 spiro atoms. The highest BCUT2D eigenvalue weighted by molar-refractivity contribution is 6.33. The predicted octanol–water partition coefficient (Wildman–Crippen LogP) is 6.05. The van der Waals surface area contributed by atoms with Crippen molar-refractivity contribution >= 4 is 34.1 Å². The van der Waals surface area contributed by atoms with Crippen LogP contribution in [0.4, 0.5) is 15.9 Å². The molecule has 2 aromatic heterocycles. The van der Waals surface area contributed by atoms with Crippen LogP contribution in [0.3, 0.4) is 0 Å². The predicted molar refractivity (Wildman–Crippen MR) is 114 cm³/mol. The molecule has 4 rings (SSSR count). The van der Waals surface area contributed by atoms with Gasteiger partial charge < -0.3 is 14.6 Å². The second kappa shape index (κ2) is 8.09. The SMILES string of the molecule is CCCn1c(-c2cnc(Nc3ccc(OC)cc3)c(Cl)c2)nc2ccc(F)cc21. The molecule has 0 aliphatic rings. The van der Waals surface area contributed by atoms with Crippen molar-refractivity contribution in [3.63, 3.8) is 0 Å². The second-order valence-corrected chi connectivity index (χ2v) is 7.04. The fourth-order valence-corrected chi connectivity index (χ4v) is 3.44. The molecule has 2 heterocycles. The van der Waals surface area contributed by atoms with Crippen molar-refractivity contribution < 1.29 is 9.13 Å². The maximum absolute atomic E-state index is 13.7. The third kappa shape index (κ3) is 3.89. The van der Waals surface area contributed by atoms with E-state index >= 15 is 0 Å². The van der Waals surface area contributed by atoms with Crippen molar-refractivity contribution in [3.05, 3.63) is 65.6 Å². The number of halogens is 2. The van der Waals surface area contributed by atoms with Crippen LogP contribution in [0.25, 0.3) is 22.4 Å². The Morgan fingerprint density at radius 1 is 1.14 bits per heavy atom. The molecule has 2 aromatic carbocycles. The number of benzene rings is 2. The van der Waals surface area contributed by atoms with Crippen molar-refractivity contribution in [2.75, 3.05) is 12.4 Å². The number of pyridine rings is 1. The summed E-state index contributed by atoms with van der Waals surface area (Å²) in [6.07, 6.45) is 2.62. The van der Waals surface area contributed by atoms with Crippen LogP contribution >= 0.6 is 11.6 Å². The van der Waals surface area contributed by atoms with Crippen LogP contribution in [0.5, 0.6) is 5.75 Å². The summed E-state index contributed by atoms with van der Waals surface area (Å²) in [7, 11) is 1.62. The van der Waals surface area contributed by atoms with Crippen LogP contribution in [-0.4, -0.2) is 21.6 Å². The van der Waals surface area contributed by atoms with Crippen LogP contribution in [0.15, 0.2) is 54.7 Å². The maximum Gasteiger partial charge on any atom is 0.149 e. The lowest BCUT2D eigenvalue weighted by Gasteiger charge is -2.11. The first-order valence-electron chi connectivity index (χ1n) is 9.32. The Labute approximate surface area is 173 Å². The summed E-state index contributed by atoms with van der Waals surface area (Å²) in [5.41, 5.74) is 3.13. The molecule has 0 aliphatic heterocycles. The van der Waals surface area contributed by atoms with Gasteiger partial charge in [0.05, 0.1) is 23.2 Å². The van der Waals surface area contributed by atoms with E-state index in [2.05, 4.69) is 22.2 Å². The average molecular weight is 411 g/mol. The molecule has 0 atom stereocenters. The van der Waals surface area contributed by atoms with E-state index in [0.29, 0.717) is 10.8 Å². The molecule has 7 heteroatoms. The van der Waals surface area contributed by atoms with E-state index in [4.69, 9.17) is 16.3 Å². The molecule has 148 valence electrons. The van der Waals surface area contributed by atoms with Crippen molar-refractivity contribution in [1.82, 2.24) is 14.5 Å². The fraction of sp³-hybridized carbons (Fsp3) is 0.182. The van der Waals surface area contributed by atoms with Crippen LogP contribution < -0.4 is 10.1 Å². The first kappa shape index (κ1) is 19.2. The molecule has 4 aromatic rings. The van der Waals surface area contributed by atoms with Gasteiger partial charge in [-0.2, -0.15) is 0 Å². The number of nitrogens with zero attached hydrogens (tertiary/aromatic N) is 3. The zero-order chi connectivity index (χ0) is 20.4. The Bertz CT molecular complexity index is 1160. The number of imidazole rings is 1. The first-order valence-corrected chi connectivity index (χ1v) is 9.69. The summed E-state index contributed by atoms with van der Waals surface area (Å²) < 4.78 is 20.9. The number of hydrogen-bond acceptors (Lipinski definition) is 4.